The Kier molecular flexibility index (Phi) is 7.76. The minimum absolute atomic E-state index is 0.229. The highest BCUT2D eigenvalue weighted by atomic mass is 16.5. The Bertz CT molecular complexity index is 844. The Morgan fingerprint density at radius 3 is 2.41 bits per heavy atom. The van der Waals surface area contributed by atoms with Gasteiger partial charge in [0.2, 0.25) is 0 Å². The van der Waals surface area contributed by atoms with Gasteiger partial charge in [-0.3, -0.25) is 9.59 Å². The molecular weight excluding hydrogens is 378 g/mol. The Morgan fingerprint density at radius 1 is 1.17 bits per heavy atom. The average Bonchev–Trinajstić information content (AvgIpc) is 3.09. The van der Waals surface area contributed by atoms with E-state index in [-0.39, 0.29) is 11.7 Å². The third-order valence-corrected chi connectivity index (χ3v) is 3.88. The molecule has 0 saturated carbocycles. The zero-order chi connectivity index (χ0) is 21.4. The number of nitrogens with zero attached hydrogens (tertiary/aromatic N) is 1. The van der Waals surface area contributed by atoms with Crippen molar-refractivity contribution in [2.24, 2.45) is 5.92 Å². The molecule has 0 spiro atoms. The third kappa shape index (κ3) is 6.63. The van der Waals surface area contributed by atoms with Crippen molar-refractivity contribution in [2.45, 2.75) is 33.7 Å². The number of amides is 2. The summed E-state index contributed by atoms with van der Waals surface area (Å²) in [5.41, 5.74) is 0.381. The first-order valence-electron chi connectivity index (χ1n) is 9.23. The van der Waals surface area contributed by atoms with Crippen molar-refractivity contribution >= 4 is 23.6 Å². The number of carbonyl (C=O) groups excluding carboxylic acids is 3. The molecule has 2 rings (SSSR count). The van der Waals surface area contributed by atoms with Gasteiger partial charge in [-0.15, -0.1) is 0 Å². The number of nitrogens with one attached hydrogen (secondary N) is 2. The van der Waals surface area contributed by atoms with Crippen LogP contribution in [0.25, 0.3) is 0 Å². The second kappa shape index (κ2) is 10.3. The predicted octanol–water partition coefficient (Wildman–Crippen LogP) is 2.32. The predicted molar refractivity (Wildman–Crippen MR) is 105 cm³/mol. The summed E-state index contributed by atoms with van der Waals surface area (Å²) in [5, 5.41) is 8.72. The normalized spacial score (nSPS) is 11.6. The lowest BCUT2D eigenvalue weighted by Gasteiger charge is -2.20. The number of aryl methyl sites for hydroxylation is 1. The average molecular weight is 403 g/mol. The number of carbonyl (C=O) groups is 3. The van der Waals surface area contributed by atoms with Crippen LogP contribution in [0.3, 0.4) is 0 Å². The molecule has 1 heterocycles. The molecule has 9 nitrogen and oxygen atoms in total. The van der Waals surface area contributed by atoms with Gasteiger partial charge in [0.05, 0.1) is 6.61 Å². The molecule has 156 valence electrons. The van der Waals surface area contributed by atoms with Crippen molar-refractivity contribution in [1.29, 1.82) is 0 Å². The number of aromatic nitrogens is 1. The largest absolute Gasteiger partial charge is 0.494 e. The lowest BCUT2D eigenvalue weighted by Crippen LogP contribution is -2.45. The van der Waals surface area contributed by atoms with E-state index < -0.39 is 30.4 Å². The summed E-state index contributed by atoms with van der Waals surface area (Å²) in [6.07, 6.45) is 0. The number of hydrogen-bond acceptors (Lipinski definition) is 7. The SMILES string of the molecule is CCOc1ccc(C(=O)N[C@H](C(=O)OCC(=O)Nc2cc(C)on2)C(C)C)cc1. The van der Waals surface area contributed by atoms with Gasteiger partial charge in [-0.1, -0.05) is 19.0 Å². The maximum absolute atomic E-state index is 12.5. The summed E-state index contributed by atoms with van der Waals surface area (Å²) in [5.74, 6) is -0.515. The molecule has 0 radical (unpaired) electrons. The van der Waals surface area contributed by atoms with Crippen molar-refractivity contribution in [2.75, 3.05) is 18.5 Å². The van der Waals surface area contributed by atoms with Crippen LogP contribution in [0.4, 0.5) is 5.82 Å². The fraction of sp³-hybridized carbons (Fsp3) is 0.400. The molecule has 0 saturated heterocycles. The molecule has 2 aromatic rings. The zero-order valence-electron chi connectivity index (χ0n) is 16.9. The van der Waals surface area contributed by atoms with Gasteiger partial charge < -0.3 is 24.6 Å². The van der Waals surface area contributed by atoms with E-state index in [2.05, 4.69) is 15.8 Å². The maximum atomic E-state index is 12.5. The van der Waals surface area contributed by atoms with Gasteiger partial charge in [-0.05, 0) is 44.0 Å². The van der Waals surface area contributed by atoms with Crippen LogP contribution in [0.15, 0.2) is 34.9 Å². The van der Waals surface area contributed by atoms with E-state index in [0.717, 1.165) is 0 Å². The number of benzene rings is 1. The number of esters is 1. The molecule has 1 atom stereocenters. The van der Waals surface area contributed by atoms with Crippen LogP contribution in [0.1, 0.15) is 36.9 Å². The summed E-state index contributed by atoms with van der Waals surface area (Å²) in [4.78, 5) is 36.7. The fourth-order valence-corrected chi connectivity index (χ4v) is 2.42. The maximum Gasteiger partial charge on any atom is 0.329 e. The molecular formula is C20H25N3O6. The standard InChI is InChI=1S/C20H25N3O6/c1-5-27-15-8-6-14(7-9-15)19(25)22-18(12(2)3)20(26)28-11-17(24)21-16-10-13(4)29-23-16/h6-10,12,18H,5,11H2,1-4H3,(H,22,25)(H,21,23,24)/t18-/m0/s1. The Hall–Kier alpha value is -3.36. The van der Waals surface area contributed by atoms with Crippen molar-refractivity contribution < 1.29 is 28.4 Å². The van der Waals surface area contributed by atoms with Crippen molar-refractivity contribution in [1.82, 2.24) is 10.5 Å². The Labute approximate surface area is 168 Å². The van der Waals surface area contributed by atoms with Crippen LogP contribution < -0.4 is 15.4 Å². The molecule has 2 N–H and O–H groups in total. The van der Waals surface area contributed by atoms with Crippen LogP contribution in [0.5, 0.6) is 5.75 Å². The van der Waals surface area contributed by atoms with Gasteiger partial charge in [-0.2, -0.15) is 0 Å². The smallest absolute Gasteiger partial charge is 0.329 e. The first kappa shape index (κ1) is 21.9. The third-order valence-electron chi connectivity index (χ3n) is 3.88. The minimum atomic E-state index is -0.906. The van der Waals surface area contributed by atoms with Gasteiger partial charge >= 0.3 is 5.97 Å². The summed E-state index contributed by atoms with van der Waals surface area (Å²) in [6.45, 7) is 7.10. The fourth-order valence-electron chi connectivity index (χ4n) is 2.42. The number of ether oxygens (including phenoxy) is 2. The van der Waals surface area contributed by atoms with Crippen LogP contribution >= 0.6 is 0 Å². The van der Waals surface area contributed by atoms with Crippen molar-refractivity contribution in [3.8, 4) is 5.75 Å². The van der Waals surface area contributed by atoms with Gasteiger partial charge in [0.1, 0.15) is 17.6 Å². The Morgan fingerprint density at radius 2 is 1.86 bits per heavy atom. The van der Waals surface area contributed by atoms with Gasteiger partial charge in [0, 0.05) is 11.6 Å². The van der Waals surface area contributed by atoms with E-state index in [0.29, 0.717) is 23.7 Å². The molecule has 1 aromatic carbocycles. The van der Waals surface area contributed by atoms with E-state index in [1.54, 1.807) is 45.0 Å². The van der Waals surface area contributed by atoms with Crippen LogP contribution in [0, 0.1) is 12.8 Å². The molecule has 0 fully saturated rings. The second-order valence-electron chi connectivity index (χ2n) is 6.63. The molecule has 1 aromatic heterocycles. The summed E-state index contributed by atoms with van der Waals surface area (Å²) >= 11 is 0. The number of rotatable bonds is 9. The van der Waals surface area contributed by atoms with Gasteiger partial charge in [0.15, 0.2) is 12.4 Å². The highest BCUT2D eigenvalue weighted by Gasteiger charge is 2.27. The van der Waals surface area contributed by atoms with E-state index in [1.807, 2.05) is 6.92 Å². The lowest BCUT2D eigenvalue weighted by molar-refractivity contribution is -0.150. The molecule has 0 aliphatic carbocycles. The highest BCUT2D eigenvalue weighted by molar-refractivity contribution is 5.97. The van der Waals surface area contributed by atoms with E-state index >= 15 is 0 Å². The van der Waals surface area contributed by atoms with E-state index in [4.69, 9.17) is 14.0 Å². The van der Waals surface area contributed by atoms with E-state index in [1.165, 1.54) is 6.07 Å². The molecule has 0 aliphatic rings. The molecule has 0 unspecified atom stereocenters. The van der Waals surface area contributed by atoms with Crippen LogP contribution in [-0.2, 0) is 14.3 Å². The van der Waals surface area contributed by atoms with Crippen LogP contribution in [0.2, 0.25) is 0 Å². The lowest BCUT2D eigenvalue weighted by atomic mass is 10.0. The quantitative estimate of drug-likeness (QED) is 0.617. The molecule has 0 bridgehead atoms. The first-order chi connectivity index (χ1) is 13.8. The first-order valence-corrected chi connectivity index (χ1v) is 9.23. The van der Waals surface area contributed by atoms with E-state index in [9.17, 15) is 14.4 Å². The summed E-state index contributed by atoms with van der Waals surface area (Å²) < 4.78 is 15.2. The van der Waals surface area contributed by atoms with Gasteiger partial charge in [0.25, 0.3) is 11.8 Å². The van der Waals surface area contributed by atoms with Crippen molar-refractivity contribution in [3.63, 3.8) is 0 Å². The number of anilines is 1. The molecule has 29 heavy (non-hydrogen) atoms. The highest BCUT2D eigenvalue weighted by Crippen LogP contribution is 2.13. The van der Waals surface area contributed by atoms with Crippen LogP contribution in [-0.4, -0.2) is 42.2 Å². The molecule has 9 heteroatoms. The zero-order valence-corrected chi connectivity index (χ0v) is 16.9. The molecule has 2 amide bonds. The topological polar surface area (TPSA) is 120 Å². The minimum Gasteiger partial charge on any atom is -0.494 e. The monoisotopic (exact) mass is 403 g/mol. The van der Waals surface area contributed by atoms with Crippen molar-refractivity contribution in [3.05, 3.63) is 41.7 Å². The summed E-state index contributed by atoms with van der Waals surface area (Å²) in [6, 6.07) is 7.20. The molecule has 0 aliphatic heterocycles. The Balaban J connectivity index is 1.91. The summed E-state index contributed by atoms with van der Waals surface area (Å²) in [7, 11) is 0. The van der Waals surface area contributed by atoms with Gasteiger partial charge in [-0.25, -0.2) is 4.79 Å². The number of hydrogen-bond donors (Lipinski definition) is 2. The second-order valence-corrected chi connectivity index (χ2v) is 6.63.